The molecule has 0 aliphatic carbocycles. The molecule has 0 saturated carbocycles. The summed E-state index contributed by atoms with van der Waals surface area (Å²) in [6, 6.07) is 15.0. The van der Waals surface area contributed by atoms with Gasteiger partial charge in [0.1, 0.15) is 0 Å². The SMILES string of the molecule is Cc1cc(/C=C2\SC(=O)N(Cc3ccc(Br)cc3)C2=O)c(C)n1-c1cccc(Cl)c1Cl. The maximum absolute atomic E-state index is 12.9. The monoisotopic (exact) mass is 534 g/mol. The molecule has 8 heteroatoms. The third-order valence-corrected chi connectivity index (χ3v) is 7.30. The first-order valence-electron chi connectivity index (χ1n) is 9.39. The van der Waals surface area contributed by atoms with Gasteiger partial charge in [0.2, 0.25) is 0 Å². The van der Waals surface area contributed by atoms with Crippen LogP contribution in [0.2, 0.25) is 10.0 Å². The molecule has 2 aromatic carbocycles. The number of aromatic nitrogens is 1. The van der Waals surface area contributed by atoms with Crippen LogP contribution in [-0.4, -0.2) is 20.6 Å². The molecule has 3 aromatic rings. The third kappa shape index (κ3) is 4.35. The minimum atomic E-state index is -0.288. The highest BCUT2D eigenvalue weighted by molar-refractivity contribution is 9.10. The first-order chi connectivity index (χ1) is 14.8. The molecule has 1 aliphatic heterocycles. The number of thioether (sulfide) groups is 1. The zero-order chi connectivity index (χ0) is 22.3. The van der Waals surface area contributed by atoms with Gasteiger partial charge in [0.15, 0.2) is 0 Å². The molecule has 0 spiro atoms. The number of carbonyl (C=O) groups excluding carboxylic acids is 2. The van der Waals surface area contributed by atoms with Crippen LogP contribution in [0.4, 0.5) is 4.79 Å². The molecule has 4 nitrogen and oxygen atoms in total. The summed E-state index contributed by atoms with van der Waals surface area (Å²) in [5.41, 5.74) is 4.36. The summed E-state index contributed by atoms with van der Waals surface area (Å²) >= 11 is 17.0. The second-order valence-corrected chi connectivity index (χ2v) is 9.82. The van der Waals surface area contributed by atoms with E-state index in [9.17, 15) is 9.59 Å². The highest BCUT2D eigenvalue weighted by atomic mass is 79.9. The van der Waals surface area contributed by atoms with Crippen molar-refractivity contribution in [2.45, 2.75) is 20.4 Å². The van der Waals surface area contributed by atoms with Gasteiger partial charge in [0.05, 0.1) is 27.2 Å². The maximum atomic E-state index is 12.9. The van der Waals surface area contributed by atoms with Crippen molar-refractivity contribution in [1.29, 1.82) is 0 Å². The Kier molecular flexibility index (Phi) is 6.35. The quantitative estimate of drug-likeness (QED) is 0.327. The van der Waals surface area contributed by atoms with Gasteiger partial charge >= 0.3 is 0 Å². The molecule has 1 fully saturated rings. The molecule has 0 radical (unpaired) electrons. The lowest BCUT2D eigenvalue weighted by Crippen LogP contribution is -2.27. The zero-order valence-corrected chi connectivity index (χ0v) is 20.6. The summed E-state index contributed by atoms with van der Waals surface area (Å²) in [5, 5.41) is 0.667. The largest absolute Gasteiger partial charge is 0.316 e. The Balaban J connectivity index is 1.65. The summed E-state index contributed by atoms with van der Waals surface area (Å²) < 4.78 is 2.94. The highest BCUT2D eigenvalue weighted by Crippen LogP contribution is 2.36. The molecule has 2 amide bonds. The molecule has 1 aromatic heterocycles. The highest BCUT2D eigenvalue weighted by Gasteiger charge is 2.35. The maximum Gasteiger partial charge on any atom is 0.293 e. The van der Waals surface area contributed by atoms with Crippen molar-refractivity contribution in [3.05, 3.63) is 90.5 Å². The molecule has 2 heterocycles. The van der Waals surface area contributed by atoms with Crippen molar-refractivity contribution < 1.29 is 9.59 Å². The van der Waals surface area contributed by atoms with Crippen molar-refractivity contribution in [1.82, 2.24) is 9.47 Å². The minimum Gasteiger partial charge on any atom is -0.316 e. The van der Waals surface area contributed by atoms with Crippen LogP contribution < -0.4 is 0 Å². The standard InChI is InChI=1S/C23H17BrCl2N2O2S/c1-13-10-16(14(2)28(13)19-5-3-4-18(25)21(19)26)11-20-22(29)27(23(30)31-20)12-15-6-8-17(24)9-7-15/h3-11H,12H2,1-2H3/b20-11-. The lowest BCUT2D eigenvalue weighted by molar-refractivity contribution is -0.123. The molecular formula is C23H17BrCl2N2O2S. The Labute approximate surface area is 203 Å². The van der Waals surface area contributed by atoms with Crippen LogP contribution in [0.1, 0.15) is 22.5 Å². The van der Waals surface area contributed by atoms with E-state index in [1.165, 1.54) is 4.90 Å². The van der Waals surface area contributed by atoms with Crippen LogP contribution in [0.5, 0.6) is 0 Å². The van der Waals surface area contributed by atoms with E-state index < -0.39 is 0 Å². The number of benzene rings is 2. The van der Waals surface area contributed by atoms with Crippen molar-refractivity contribution in [2.75, 3.05) is 0 Å². The lowest BCUT2D eigenvalue weighted by Gasteiger charge is -2.13. The molecule has 0 N–H and O–H groups in total. The molecule has 4 rings (SSSR count). The van der Waals surface area contributed by atoms with Crippen molar-refractivity contribution in [3.8, 4) is 5.69 Å². The fraction of sp³-hybridized carbons (Fsp3) is 0.130. The van der Waals surface area contributed by atoms with E-state index in [2.05, 4.69) is 15.9 Å². The topological polar surface area (TPSA) is 42.3 Å². The van der Waals surface area contributed by atoms with E-state index in [0.29, 0.717) is 15.0 Å². The van der Waals surface area contributed by atoms with Crippen LogP contribution in [0.3, 0.4) is 0 Å². The van der Waals surface area contributed by atoms with Crippen LogP contribution in [0, 0.1) is 13.8 Å². The number of aryl methyl sites for hydroxylation is 1. The number of rotatable bonds is 4. The van der Waals surface area contributed by atoms with Crippen LogP contribution in [0.25, 0.3) is 11.8 Å². The molecule has 1 saturated heterocycles. The molecule has 31 heavy (non-hydrogen) atoms. The van der Waals surface area contributed by atoms with Crippen molar-refractivity contribution in [3.63, 3.8) is 0 Å². The number of halogens is 3. The second kappa shape index (κ2) is 8.87. The third-order valence-electron chi connectivity index (χ3n) is 5.06. The predicted molar refractivity (Wildman–Crippen MR) is 131 cm³/mol. The van der Waals surface area contributed by atoms with Gasteiger partial charge in [-0.2, -0.15) is 0 Å². The minimum absolute atomic E-state index is 0.242. The molecule has 0 atom stereocenters. The Hall–Kier alpha value is -1.99. The number of hydrogen-bond donors (Lipinski definition) is 0. The van der Waals surface area contributed by atoms with Gasteiger partial charge in [0.25, 0.3) is 11.1 Å². The summed E-state index contributed by atoms with van der Waals surface area (Å²) in [4.78, 5) is 27.1. The molecule has 158 valence electrons. The lowest BCUT2D eigenvalue weighted by atomic mass is 10.2. The average Bonchev–Trinajstić information content (AvgIpc) is 3.15. The number of amides is 2. The fourth-order valence-electron chi connectivity index (χ4n) is 3.52. The van der Waals surface area contributed by atoms with Gasteiger partial charge in [0, 0.05) is 15.9 Å². The first kappa shape index (κ1) is 22.2. The zero-order valence-electron chi connectivity index (χ0n) is 16.7. The van der Waals surface area contributed by atoms with Crippen molar-refractivity contribution in [2.24, 2.45) is 0 Å². The molecule has 0 unspecified atom stereocenters. The van der Waals surface area contributed by atoms with E-state index in [1.807, 2.05) is 60.9 Å². The fourth-order valence-corrected chi connectivity index (χ4v) is 4.99. The summed E-state index contributed by atoms with van der Waals surface area (Å²) in [5.74, 6) is -0.288. The number of hydrogen-bond acceptors (Lipinski definition) is 3. The van der Waals surface area contributed by atoms with E-state index in [4.69, 9.17) is 23.2 Å². The average molecular weight is 536 g/mol. The van der Waals surface area contributed by atoms with E-state index in [1.54, 1.807) is 12.1 Å². The molecular weight excluding hydrogens is 519 g/mol. The normalized spacial score (nSPS) is 15.4. The molecule has 1 aliphatic rings. The van der Waals surface area contributed by atoms with Gasteiger partial charge in [-0.1, -0.05) is 57.3 Å². The summed E-state index contributed by atoms with van der Waals surface area (Å²) in [6.45, 7) is 4.15. The van der Waals surface area contributed by atoms with E-state index in [-0.39, 0.29) is 17.7 Å². The van der Waals surface area contributed by atoms with E-state index in [0.717, 1.165) is 44.4 Å². The Morgan fingerprint density at radius 1 is 1.06 bits per heavy atom. The number of imide groups is 1. The predicted octanol–water partition coefficient (Wildman–Crippen LogP) is 7.40. The van der Waals surface area contributed by atoms with Crippen LogP contribution in [0.15, 0.2) is 57.9 Å². The number of carbonyl (C=O) groups is 2. The van der Waals surface area contributed by atoms with Gasteiger partial charge in [-0.15, -0.1) is 0 Å². The van der Waals surface area contributed by atoms with Gasteiger partial charge in [-0.05, 0) is 73.1 Å². The van der Waals surface area contributed by atoms with Gasteiger partial charge in [-0.3, -0.25) is 14.5 Å². The number of nitrogens with zero attached hydrogens (tertiary/aromatic N) is 2. The van der Waals surface area contributed by atoms with E-state index >= 15 is 0 Å². The Morgan fingerprint density at radius 2 is 1.77 bits per heavy atom. The Morgan fingerprint density at radius 3 is 2.48 bits per heavy atom. The van der Waals surface area contributed by atoms with Crippen LogP contribution in [-0.2, 0) is 11.3 Å². The van der Waals surface area contributed by atoms with Gasteiger partial charge < -0.3 is 4.57 Å². The second-order valence-electron chi connectivity index (χ2n) is 7.13. The Bertz CT molecular complexity index is 1240. The molecule has 0 bridgehead atoms. The van der Waals surface area contributed by atoms with Crippen molar-refractivity contribution >= 4 is 68.1 Å². The smallest absolute Gasteiger partial charge is 0.293 e. The van der Waals surface area contributed by atoms with Crippen LogP contribution >= 0.6 is 50.9 Å². The first-order valence-corrected chi connectivity index (χ1v) is 11.8. The van der Waals surface area contributed by atoms with Gasteiger partial charge in [-0.25, -0.2) is 0 Å². The summed E-state index contributed by atoms with van der Waals surface area (Å²) in [7, 11) is 0. The summed E-state index contributed by atoms with van der Waals surface area (Å²) in [6.07, 6.45) is 1.77.